The number of nitrogens with zero attached hydrogens (tertiary/aromatic N) is 5. The van der Waals surface area contributed by atoms with Crippen LogP contribution in [0.1, 0.15) is 5.69 Å². The number of amides is 1. The largest absolute Gasteiger partial charge is 0.342 e. The van der Waals surface area contributed by atoms with Gasteiger partial charge in [-0.05, 0) is 18.2 Å². The first-order valence-electron chi connectivity index (χ1n) is 7.99. The average molecular weight is 309 g/mol. The lowest BCUT2D eigenvalue weighted by atomic mass is 10.0. The fraction of sp³-hybridized carbons (Fsp3) is 0.412. The molecule has 2 aromatic heterocycles. The number of anilines is 1. The third kappa shape index (κ3) is 2.88. The van der Waals surface area contributed by atoms with Crippen LogP contribution in [0.3, 0.4) is 0 Å². The Morgan fingerprint density at radius 2 is 1.65 bits per heavy atom. The van der Waals surface area contributed by atoms with Crippen LogP contribution in [-0.4, -0.2) is 51.9 Å². The van der Waals surface area contributed by atoms with Gasteiger partial charge >= 0.3 is 0 Å². The molecule has 0 aromatic carbocycles. The van der Waals surface area contributed by atoms with Gasteiger partial charge in [-0.15, -0.1) is 0 Å². The van der Waals surface area contributed by atoms with E-state index in [-0.39, 0.29) is 5.91 Å². The zero-order chi connectivity index (χ0) is 15.6. The first-order valence-corrected chi connectivity index (χ1v) is 7.99. The average Bonchev–Trinajstić information content (AvgIpc) is 3.15. The van der Waals surface area contributed by atoms with Crippen LogP contribution in [0.25, 0.3) is 0 Å². The Morgan fingerprint density at radius 3 is 2.30 bits per heavy atom. The summed E-state index contributed by atoms with van der Waals surface area (Å²) >= 11 is 0. The predicted octanol–water partition coefficient (Wildman–Crippen LogP) is 1.01. The maximum Gasteiger partial charge on any atom is 0.228 e. The number of fused-ring (bicyclic) bond motifs is 1. The van der Waals surface area contributed by atoms with Crippen LogP contribution in [0, 0.1) is 11.8 Å². The van der Waals surface area contributed by atoms with E-state index in [9.17, 15) is 4.79 Å². The maximum absolute atomic E-state index is 12.4. The van der Waals surface area contributed by atoms with Crippen molar-refractivity contribution in [3.8, 4) is 0 Å². The lowest BCUT2D eigenvalue weighted by Gasteiger charge is -2.21. The van der Waals surface area contributed by atoms with Gasteiger partial charge in [-0.25, -0.2) is 9.97 Å². The molecule has 0 bridgehead atoms. The molecule has 2 aromatic rings. The van der Waals surface area contributed by atoms with Gasteiger partial charge < -0.3 is 9.80 Å². The molecule has 2 saturated heterocycles. The van der Waals surface area contributed by atoms with E-state index in [4.69, 9.17) is 0 Å². The topological polar surface area (TPSA) is 62.2 Å². The molecule has 23 heavy (non-hydrogen) atoms. The van der Waals surface area contributed by atoms with Gasteiger partial charge in [-0.2, -0.15) is 0 Å². The molecule has 0 radical (unpaired) electrons. The Morgan fingerprint density at radius 1 is 0.957 bits per heavy atom. The van der Waals surface area contributed by atoms with Crippen molar-refractivity contribution < 1.29 is 4.79 Å². The fourth-order valence-corrected chi connectivity index (χ4v) is 3.58. The molecule has 4 rings (SSSR count). The number of hydrogen-bond donors (Lipinski definition) is 0. The maximum atomic E-state index is 12.4. The molecule has 2 aliphatic heterocycles. The fourth-order valence-electron chi connectivity index (χ4n) is 3.58. The highest BCUT2D eigenvalue weighted by molar-refractivity contribution is 5.78. The van der Waals surface area contributed by atoms with Gasteiger partial charge in [0, 0.05) is 62.3 Å². The molecule has 2 aliphatic rings. The summed E-state index contributed by atoms with van der Waals surface area (Å²) in [4.78, 5) is 29.6. The van der Waals surface area contributed by atoms with Gasteiger partial charge in [-0.3, -0.25) is 9.78 Å². The minimum atomic E-state index is 0.181. The van der Waals surface area contributed by atoms with Crippen LogP contribution in [0.15, 0.2) is 42.9 Å². The zero-order valence-electron chi connectivity index (χ0n) is 12.9. The monoisotopic (exact) mass is 309 g/mol. The molecule has 0 saturated carbocycles. The van der Waals surface area contributed by atoms with Gasteiger partial charge in [0.1, 0.15) is 0 Å². The van der Waals surface area contributed by atoms with E-state index in [0.29, 0.717) is 18.3 Å². The van der Waals surface area contributed by atoms with E-state index < -0.39 is 0 Å². The number of rotatable bonds is 3. The summed E-state index contributed by atoms with van der Waals surface area (Å²) in [5, 5.41) is 0. The first-order chi connectivity index (χ1) is 11.3. The molecule has 0 spiro atoms. The molecule has 0 unspecified atom stereocenters. The lowest BCUT2D eigenvalue weighted by Crippen LogP contribution is -2.34. The highest BCUT2D eigenvalue weighted by atomic mass is 16.2. The van der Waals surface area contributed by atoms with E-state index in [1.54, 1.807) is 18.6 Å². The van der Waals surface area contributed by atoms with Crippen LogP contribution in [0.2, 0.25) is 0 Å². The zero-order valence-corrected chi connectivity index (χ0v) is 12.9. The quantitative estimate of drug-likeness (QED) is 0.847. The minimum absolute atomic E-state index is 0.181. The molecule has 6 heteroatoms. The number of hydrogen-bond acceptors (Lipinski definition) is 5. The summed E-state index contributed by atoms with van der Waals surface area (Å²) in [5.41, 5.74) is 0.842. The van der Waals surface area contributed by atoms with E-state index >= 15 is 0 Å². The second-order valence-corrected chi connectivity index (χ2v) is 6.27. The molecular weight excluding hydrogens is 290 g/mol. The van der Waals surface area contributed by atoms with Crippen LogP contribution in [0.4, 0.5) is 5.95 Å². The summed E-state index contributed by atoms with van der Waals surface area (Å²) < 4.78 is 0. The van der Waals surface area contributed by atoms with E-state index in [1.807, 2.05) is 29.2 Å². The molecular formula is C17H19N5O. The summed E-state index contributed by atoms with van der Waals surface area (Å²) in [6, 6.07) is 7.53. The first kappa shape index (κ1) is 14.1. The standard InChI is InChI=1S/C17H19N5O/c23-16(8-15-4-1-2-5-18-15)21-9-13-11-22(12-14(13)10-21)17-19-6-3-7-20-17/h1-7,13-14H,8-12H2/t13-,14+. The number of likely N-dealkylation sites (tertiary alicyclic amines) is 1. The summed E-state index contributed by atoms with van der Waals surface area (Å²) in [6.07, 6.45) is 5.68. The Balaban J connectivity index is 1.36. The van der Waals surface area contributed by atoms with E-state index in [1.165, 1.54) is 0 Å². The number of carbonyl (C=O) groups is 1. The molecule has 0 N–H and O–H groups in total. The molecule has 4 heterocycles. The van der Waals surface area contributed by atoms with Crippen LogP contribution in [-0.2, 0) is 11.2 Å². The lowest BCUT2D eigenvalue weighted by molar-refractivity contribution is -0.129. The van der Waals surface area contributed by atoms with Crippen molar-refractivity contribution in [1.29, 1.82) is 0 Å². The Hall–Kier alpha value is -2.50. The third-order valence-corrected chi connectivity index (χ3v) is 4.73. The second kappa shape index (κ2) is 5.95. The van der Waals surface area contributed by atoms with Crippen LogP contribution >= 0.6 is 0 Å². The Labute approximate surface area is 135 Å². The second-order valence-electron chi connectivity index (χ2n) is 6.27. The summed E-state index contributed by atoms with van der Waals surface area (Å²) in [6.45, 7) is 3.53. The van der Waals surface area contributed by atoms with E-state index in [0.717, 1.165) is 37.8 Å². The van der Waals surface area contributed by atoms with Crippen molar-refractivity contribution in [3.63, 3.8) is 0 Å². The van der Waals surface area contributed by atoms with Crippen LogP contribution < -0.4 is 4.90 Å². The SMILES string of the molecule is O=C(Cc1ccccn1)N1C[C@@H]2CN(c3ncccn3)C[C@@H]2C1. The van der Waals surface area contributed by atoms with Gasteiger partial charge in [0.2, 0.25) is 11.9 Å². The van der Waals surface area contributed by atoms with Gasteiger partial charge in [-0.1, -0.05) is 6.07 Å². The van der Waals surface area contributed by atoms with Crippen LogP contribution in [0.5, 0.6) is 0 Å². The summed E-state index contributed by atoms with van der Waals surface area (Å²) in [5.74, 6) is 2.02. The Bertz CT molecular complexity index is 664. The van der Waals surface area contributed by atoms with Gasteiger partial charge in [0.05, 0.1) is 6.42 Å². The van der Waals surface area contributed by atoms with Crippen molar-refractivity contribution in [2.75, 3.05) is 31.1 Å². The smallest absolute Gasteiger partial charge is 0.228 e. The number of carbonyl (C=O) groups excluding carboxylic acids is 1. The molecule has 1 amide bonds. The Kier molecular flexibility index (Phi) is 3.65. The van der Waals surface area contributed by atoms with Crippen molar-refractivity contribution in [2.45, 2.75) is 6.42 Å². The number of aromatic nitrogens is 3. The van der Waals surface area contributed by atoms with E-state index in [2.05, 4.69) is 19.9 Å². The van der Waals surface area contributed by atoms with Crippen molar-refractivity contribution in [1.82, 2.24) is 19.9 Å². The molecule has 6 nitrogen and oxygen atoms in total. The molecule has 2 atom stereocenters. The van der Waals surface area contributed by atoms with Crippen molar-refractivity contribution >= 4 is 11.9 Å². The highest BCUT2D eigenvalue weighted by Crippen LogP contribution is 2.32. The van der Waals surface area contributed by atoms with Crippen molar-refractivity contribution in [2.24, 2.45) is 11.8 Å². The van der Waals surface area contributed by atoms with Gasteiger partial charge in [0.25, 0.3) is 0 Å². The predicted molar refractivity (Wildman–Crippen MR) is 85.7 cm³/mol. The summed E-state index contributed by atoms with van der Waals surface area (Å²) in [7, 11) is 0. The third-order valence-electron chi connectivity index (χ3n) is 4.73. The van der Waals surface area contributed by atoms with Gasteiger partial charge in [0.15, 0.2) is 0 Å². The molecule has 118 valence electrons. The minimum Gasteiger partial charge on any atom is -0.342 e. The van der Waals surface area contributed by atoms with Crippen molar-refractivity contribution in [3.05, 3.63) is 48.5 Å². The molecule has 0 aliphatic carbocycles. The molecule has 2 fully saturated rings. The normalized spacial score (nSPS) is 23.1. The highest BCUT2D eigenvalue weighted by Gasteiger charge is 2.42. The number of pyridine rings is 1.